The molecule has 0 radical (unpaired) electrons. The van der Waals surface area contributed by atoms with E-state index >= 15 is 0 Å². The molecule has 17 heavy (non-hydrogen) atoms. The van der Waals surface area contributed by atoms with E-state index in [2.05, 4.69) is 0 Å². The summed E-state index contributed by atoms with van der Waals surface area (Å²) < 4.78 is 2.50. The van der Waals surface area contributed by atoms with E-state index in [0.29, 0.717) is 13.0 Å². The molecule has 0 unspecified atom stereocenters. The summed E-state index contributed by atoms with van der Waals surface area (Å²) >= 11 is 1.59. The number of rotatable bonds is 3. The maximum Gasteiger partial charge on any atom is 0.330 e. The zero-order chi connectivity index (χ0) is 12.4. The second-order valence-electron chi connectivity index (χ2n) is 3.82. The summed E-state index contributed by atoms with van der Waals surface area (Å²) in [5, 5.41) is 3.97. The smallest absolute Gasteiger partial charge is 0.330 e. The molecule has 0 amide bonds. The first kappa shape index (κ1) is 11.7. The lowest BCUT2D eigenvalue weighted by Gasteiger charge is -2.07. The molecule has 0 fully saturated rings. The van der Waals surface area contributed by atoms with Crippen LogP contribution in [0.2, 0.25) is 0 Å². The number of nitrogens with zero attached hydrogens (tertiary/aromatic N) is 2. The van der Waals surface area contributed by atoms with E-state index in [-0.39, 0.29) is 11.4 Å². The van der Waals surface area contributed by atoms with Gasteiger partial charge in [-0.15, -0.1) is 0 Å². The maximum atomic E-state index is 11.8. The number of nitrogens with two attached hydrogens (primary N) is 1. The highest BCUT2D eigenvalue weighted by Crippen LogP contribution is 2.06. The summed E-state index contributed by atoms with van der Waals surface area (Å²) in [7, 11) is 1.58. The Morgan fingerprint density at radius 3 is 2.82 bits per heavy atom. The normalized spacial score (nSPS) is 10.6. The maximum absolute atomic E-state index is 11.8. The Balaban J connectivity index is 2.33. The molecule has 0 atom stereocenters. The molecule has 0 saturated carbocycles. The molecule has 5 nitrogen and oxygen atoms in total. The molecule has 6 heteroatoms. The van der Waals surface area contributed by atoms with Gasteiger partial charge < -0.3 is 10.3 Å². The number of nitrogen functional groups attached to an aromatic ring is 1. The minimum atomic E-state index is -0.414. The van der Waals surface area contributed by atoms with Gasteiger partial charge in [0, 0.05) is 19.8 Å². The summed E-state index contributed by atoms with van der Waals surface area (Å²) in [6.07, 6.45) is 2.01. The molecule has 2 N–H and O–H groups in total. The van der Waals surface area contributed by atoms with E-state index in [1.807, 2.05) is 16.8 Å². The molecule has 0 saturated heterocycles. The second-order valence-corrected chi connectivity index (χ2v) is 4.60. The fourth-order valence-corrected chi connectivity index (χ4v) is 2.33. The third-order valence-electron chi connectivity index (χ3n) is 2.56. The molecular weight excluding hydrogens is 238 g/mol. The van der Waals surface area contributed by atoms with Crippen molar-refractivity contribution in [3.8, 4) is 0 Å². The van der Waals surface area contributed by atoms with Gasteiger partial charge in [-0.05, 0) is 28.8 Å². The van der Waals surface area contributed by atoms with E-state index in [1.165, 1.54) is 15.3 Å². The van der Waals surface area contributed by atoms with Crippen molar-refractivity contribution in [2.24, 2.45) is 7.05 Å². The van der Waals surface area contributed by atoms with E-state index in [9.17, 15) is 9.59 Å². The van der Waals surface area contributed by atoms with Crippen LogP contribution in [-0.4, -0.2) is 9.13 Å². The van der Waals surface area contributed by atoms with Crippen LogP contribution in [0.3, 0.4) is 0 Å². The van der Waals surface area contributed by atoms with Gasteiger partial charge in [0.15, 0.2) is 0 Å². The third kappa shape index (κ3) is 2.31. The van der Waals surface area contributed by atoms with Crippen LogP contribution in [0, 0.1) is 0 Å². The van der Waals surface area contributed by atoms with Crippen LogP contribution in [0.25, 0.3) is 0 Å². The summed E-state index contributed by atoms with van der Waals surface area (Å²) in [5.41, 5.74) is 6.01. The van der Waals surface area contributed by atoms with Crippen LogP contribution in [-0.2, 0) is 20.0 Å². The van der Waals surface area contributed by atoms with Gasteiger partial charge in [0.25, 0.3) is 5.56 Å². The Morgan fingerprint density at radius 2 is 2.18 bits per heavy atom. The first-order valence-corrected chi connectivity index (χ1v) is 6.11. The molecule has 2 rings (SSSR count). The fraction of sp³-hybridized carbons (Fsp3) is 0.273. The predicted octanol–water partition coefficient (Wildman–Crippen LogP) is 0.433. The lowest BCUT2D eigenvalue weighted by Crippen LogP contribution is -2.40. The first-order valence-electron chi connectivity index (χ1n) is 5.16. The van der Waals surface area contributed by atoms with E-state index in [1.54, 1.807) is 18.4 Å². The number of hydrogen-bond acceptors (Lipinski definition) is 4. The van der Waals surface area contributed by atoms with Crippen molar-refractivity contribution in [3.63, 3.8) is 0 Å². The Labute approximate surface area is 102 Å². The Bertz CT molecular complexity index is 591. The van der Waals surface area contributed by atoms with E-state index in [0.717, 1.165) is 5.56 Å². The number of aryl methyl sites for hydroxylation is 2. The largest absolute Gasteiger partial charge is 0.393 e. The summed E-state index contributed by atoms with van der Waals surface area (Å²) in [6, 6.07) is 1.98. The highest BCUT2D eigenvalue weighted by Gasteiger charge is 2.07. The highest BCUT2D eigenvalue weighted by molar-refractivity contribution is 7.07. The van der Waals surface area contributed by atoms with Crippen LogP contribution in [0.5, 0.6) is 0 Å². The Kier molecular flexibility index (Phi) is 3.14. The van der Waals surface area contributed by atoms with Crippen molar-refractivity contribution in [3.05, 3.63) is 49.4 Å². The minimum absolute atomic E-state index is 0.0948. The van der Waals surface area contributed by atoms with E-state index in [4.69, 9.17) is 5.73 Å². The SMILES string of the molecule is Cn1cc(N)c(=O)n(CCc2ccsc2)c1=O. The van der Waals surface area contributed by atoms with Crippen LogP contribution < -0.4 is 17.0 Å². The van der Waals surface area contributed by atoms with Gasteiger partial charge in [-0.3, -0.25) is 9.36 Å². The zero-order valence-electron chi connectivity index (χ0n) is 9.42. The Morgan fingerprint density at radius 1 is 1.41 bits per heavy atom. The van der Waals surface area contributed by atoms with Gasteiger partial charge in [0.2, 0.25) is 0 Å². The van der Waals surface area contributed by atoms with E-state index < -0.39 is 5.56 Å². The van der Waals surface area contributed by atoms with Crippen molar-refractivity contribution < 1.29 is 0 Å². The molecule has 0 spiro atoms. The molecule has 0 aromatic carbocycles. The standard InChI is InChI=1S/C11H13N3O2S/c1-13-6-9(12)10(15)14(11(13)16)4-2-8-3-5-17-7-8/h3,5-7H,2,4,12H2,1H3. The van der Waals surface area contributed by atoms with Gasteiger partial charge in [0.05, 0.1) is 0 Å². The quantitative estimate of drug-likeness (QED) is 0.860. The average molecular weight is 251 g/mol. The molecule has 2 heterocycles. The van der Waals surface area contributed by atoms with Crippen molar-refractivity contribution in [1.29, 1.82) is 0 Å². The van der Waals surface area contributed by atoms with Crippen molar-refractivity contribution >= 4 is 17.0 Å². The molecule has 90 valence electrons. The topological polar surface area (TPSA) is 70.0 Å². The molecule has 0 aliphatic heterocycles. The number of hydrogen-bond donors (Lipinski definition) is 1. The summed E-state index contributed by atoms with van der Waals surface area (Å²) in [4.78, 5) is 23.5. The molecule has 0 aliphatic carbocycles. The zero-order valence-corrected chi connectivity index (χ0v) is 10.2. The van der Waals surface area contributed by atoms with Gasteiger partial charge in [-0.25, -0.2) is 4.79 Å². The first-order chi connectivity index (χ1) is 8.09. The average Bonchev–Trinajstić information content (AvgIpc) is 2.79. The lowest BCUT2D eigenvalue weighted by molar-refractivity contribution is 0.593. The van der Waals surface area contributed by atoms with Gasteiger partial charge >= 0.3 is 5.69 Å². The monoisotopic (exact) mass is 251 g/mol. The van der Waals surface area contributed by atoms with Crippen molar-refractivity contribution in [2.75, 3.05) is 5.73 Å². The van der Waals surface area contributed by atoms with Crippen LogP contribution in [0.1, 0.15) is 5.56 Å². The third-order valence-corrected chi connectivity index (χ3v) is 3.29. The van der Waals surface area contributed by atoms with Crippen LogP contribution in [0.15, 0.2) is 32.6 Å². The molecule has 2 aromatic rings. The second kappa shape index (κ2) is 4.58. The predicted molar refractivity (Wildman–Crippen MR) is 68.4 cm³/mol. The highest BCUT2D eigenvalue weighted by atomic mass is 32.1. The van der Waals surface area contributed by atoms with Crippen molar-refractivity contribution in [1.82, 2.24) is 9.13 Å². The van der Waals surface area contributed by atoms with Crippen LogP contribution >= 0.6 is 11.3 Å². The Hall–Kier alpha value is -1.82. The number of anilines is 1. The van der Waals surface area contributed by atoms with Crippen molar-refractivity contribution in [2.45, 2.75) is 13.0 Å². The molecule has 0 aliphatic rings. The molecule has 2 aromatic heterocycles. The van der Waals surface area contributed by atoms with Gasteiger partial charge in [-0.1, -0.05) is 0 Å². The molecule has 0 bridgehead atoms. The van der Waals surface area contributed by atoms with Gasteiger partial charge in [0.1, 0.15) is 5.69 Å². The lowest BCUT2D eigenvalue weighted by atomic mass is 10.2. The van der Waals surface area contributed by atoms with Gasteiger partial charge in [-0.2, -0.15) is 11.3 Å². The summed E-state index contributed by atoms with van der Waals surface area (Å²) in [5.74, 6) is 0. The number of thiophene rings is 1. The minimum Gasteiger partial charge on any atom is -0.393 e. The number of aromatic nitrogens is 2. The van der Waals surface area contributed by atoms with Crippen LogP contribution in [0.4, 0.5) is 5.69 Å². The fourth-order valence-electron chi connectivity index (χ4n) is 1.63. The molecular formula is C11H13N3O2S. The summed E-state index contributed by atoms with van der Waals surface area (Å²) in [6.45, 7) is 0.354.